The maximum atomic E-state index is 14.0. The van der Waals surface area contributed by atoms with Crippen molar-refractivity contribution < 1.29 is 17.9 Å². The highest BCUT2D eigenvalue weighted by molar-refractivity contribution is 5.65. The Balaban J connectivity index is 2.26. The highest BCUT2D eigenvalue weighted by atomic mass is 19.2. The molecule has 0 spiro atoms. The molecule has 0 saturated carbocycles. The summed E-state index contributed by atoms with van der Waals surface area (Å²) < 4.78 is 46.8. The topological polar surface area (TPSA) is 9.23 Å². The maximum absolute atomic E-state index is 14.0. The largest absolute Gasteiger partial charge is 0.486 e. The van der Waals surface area contributed by atoms with E-state index < -0.39 is 17.5 Å². The number of halogens is 3. The average Bonchev–Trinajstić information content (AvgIpc) is 2.51. The van der Waals surface area contributed by atoms with Gasteiger partial charge in [0, 0.05) is 5.56 Å². The van der Waals surface area contributed by atoms with Crippen LogP contribution in [-0.4, -0.2) is 6.61 Å². The van der Waals surface area contributed by atoms with Gasteiger partial charge in [0.2, 0.25) is 0 Å². The van der Waals surface area contributed by atoms with Crippen LogP contribution in [0.4, 0.5) is 13.2 Å². The molecule has 0 N–H and O–H groups in total. The molecular formula is C18H17F3O. The first-order valence-corrected chi connectivity index (χ1v) is 7.07. The number of rotatable bonds is 5. The molecule has 0 saturated heterocycles. The monoisotopic (exact) mass is 306 g/mol. The first-order chi connectivity index (χ1) is 10.5. The highest BCUT2D eigenvalue weighted by Gasteiger charge is 2.14. The van der Waals surface area contributed by atoms with E-state index in [1.807, 2.05) is 13.0 Å². The van der Waals surface area contributed by atoms with Gasteiger partial charge in [-0.1, -0.05) is 37.3 Å². The second kappa shape index (κ2) is 7.16. The van der Waals surface area contributed by atoms with Crippen molar-refractivity contribution in [1.29, 1.82) is 0 Å². The van der Waals surface area contributed by atoms with E-state index in [9.17, 15) is 13.2 Å². The molecule has 0 aliphatic carbocycles. The van der Waals surface area contributed by atoms with E-state index in [1.54, 1.807) is 6.08 Å². The first kappa shape index (κ1) is 16.1. The Hall–Kier alpha value is -2.23. The van der Waals surface area contributed by atoms with Gasteiger partial charge in [0.05, 0.1) is 0 Å². The van der Waals surface area contributed by atoms with Crippen molar-refractivity contribution in [3.63, 3.8) is 0 Å². The molecule has 0 amide bonds. The molecule has 0 atom stereocenters. The molecule has 0 aliphatic heterocycles. The minimum atomic E-state index is -0.973. The van der Waals surface area contributed by atoms with E-state index in [4.69, 9.17) is 4.74 Å². The van der Waals surface area contributed by atoms with Gasteiger partial charge in [-0.2, -0.15) is 0 Å². The molecule has 1 nitrogen and oxygen atoms in total. The van der Waals surface area contributed by atoms with Crippen LogP contribution >= 0.6 is 0 Å². The summed E-state index contributed by atoms with van der Waals surface area (Å²) in [7, 11) is 0. The van der Waals surface area contributed by atoms with Crippen molar-refractivity contribution in [3.05, 3.63) is 65.5 Å². The molecule has 0 bridgehead atoms. The summed E-state index contributed by atoms with van der Waals surface area (Å²) in [5, 5.41) is 0. The van der Waals surface area contributed by atoms with Gasteiger partial charge in [-0.3, -0.25) is 0 Å². The molecule has 0 heterocycles. The first-order valence-electron chi connectivity index (χ1n) is 7.07. The highest BCUT2D eigenvalue weighted by Crippen LogP contribution is 2.29. The molecule has 0 radical (unpaired) electrons. The van der Waals surface area contributed by atoms with Crippen LogP contribution in [0.2, 0.25) is 0 Å². The van der Waals surface area contributed by atoms with Crippen molar-refractivity contribution in [3.8, 4) is 16.9 Å². The third-order valence-corrected chi connectivity index (χ3v) is 3.26. The summed E-state index contributed by atoms with van der Waals surface area (Å²) >= 11 is 0. The van der Waals surface area contributed by atoms with Gasteiger partial charge in [-0.15, -0.1) is 0 Å². The van der Waals surface area contributed by atoms with E-state index in [2.05, 4.69) is 0 Å². The lowest BCUT2D eigenvalue weighted by Gasteiger charge is -2.09. The van der Waals surface area contributed by atoms with Crippen LogP contribution in [0, 0.1) is 24.4 Å². The number of benzene rings is 2. The van der Waals surface area contributed by atoms with Crippen LogP contribution in [0.1, 0.15) is 18.9 Å². The van der Waals surface area contributed by atoms with Gasteiger partial charge >= 0.3 is 0 Å². The van der Waals surface area contributed by atoms with Gasteiger partial charge in [0.15, 0.2) is 23.2 Å². The minimum absolute atomic E-state index is 0.0272. The molecule has 0 aliphatic rings. The van der Waals surface area contributed by atoms with E-state index in [-0.39, 0.29) is 29.0 Å². The summed E-state index contributed by atoms with van der Waals surface area (Å²) in [5.41, 5.74) is 0.508. The molecule has 0 aromatic heterocycles. The predicted molar refractivity (Wildman–Crippen MR) is 81.4 cm³/mol. The zero-order valence-electron chi connectivity index (χ0n) is 12.5. The SMILES string of the molecule is CCC=CCOc1ccc(-c2ccc(C)c(F)c2F)cc1F. The van der Waals surface area contributed by atoms with Crippen LogP contribution in [0.15, 0.2) is 42.5 Å². The van der Waals surface area contributed by atoms with Crippen LogP contribution in [0.5, 0.6) is 5.75 Å². The lowest BCUT2D eigenvalue weighted by Crippen LogP contribution is -1.97. The average molecular weight is 306 g/mol. The third-order valence-electron chi connectivity index (χ3n) is 3.26. The van der Waals surface area contributed by atoms with Gasteiger partial charge in [-0.05, 0) is 36.6 Å². The van der Waals surface area contributed by atoms with E-state index in [1.165, 1.54) is 31.2 Å². The Labute approximate surface area is 128 Å². The Morgan fingerprint density at radius 3 is 2.45 bits per heavy atom. The van der Waals surface area contributed by atoms with Crippen molar-refractivity contribution in [2.45, 2.75) is 20.3 Å². The molecule has 4 heteroatoms. The number of ether oxygens (including phenoxy) is 1. The van der Waals surface area contributed by atoms with E-state index in [0.29, 0.717) is 0 Å². The fourth-order valence-corrected chi connectivity index (χ4v) is 2.03. The van der Waals surface area contributed by atoms with E-state index in [0.717, 1.165) is 12.5 Å². The zero-order valence-corrected chi connectivity index (χ0v) is 12.5. The lowest BCUT2D eigenvalue weighted by atomic mass is 10.0. The van der Waals surface area contributed by atoms with Gasteiger partial charge in [0.25, 0.3) is 0 Å². The van der Waals surface area contributed by atoms with E-state index >= 15 is 0 Å². The number of hydrogen-bond donors (Lipinski definition) is 0. The van der Waals surface area contributed by atoms with Gasteiger partial charge < -0.3 is 4.74 Å². The number of allylic oxidation sites excluding steroid dienone is 1. The molecule has 2 aromatic carbocycles. The second-order valence-corrected chi connectivity index (χ2v) is 4.89. The number of hydrogen-bond acceptors (Lipinski definition) is 1. The van der Waals surface area contributed by atoms with Crippen molar-refractivity contribution >= 4 is 0 Å². The van der Waals surface area contributed by atoms with Crippen LogP contribution in [-0.2, 0) is 0 Å². The standard InChI is InChI=1S/C18H17F3O/c1-3-4-5-10-22-16-9-7-13(11-15(16)19)14-8-6-12(2)17(20)18(14)21/h4-9,11H,3,10H2,1-2H3. The zero-order chi connectivity index (χ0) is 16.1. The molecule has 2 aromatic rings. The quantitative estimate of drug-likeness (QED) is 0.670. The smallest absolute Gasteiger partial charge is 0.166 e. The minimum Gasteiger partial charge on any atom is -0.486 e. The maximum Gasteiger partial charge on any atom is 0.166 e. The second-order valence-electron chi connectivity index (χ2n) is 4.89. The Morgan fingerprint density at radius 1 is 1.00 bits per heavy atom. The molecule has 0 fully saturated rings. The summed E-state index contributed by atoms with van der Waals surface area (Å²) in [6.45, 7) is 3.72. The Kier molecular flexibility index (Phi) is 5.26. The van der Waals surface area contributed by atoms with Crippen molar-refractivity contribution in [2.24, 2.45) is 0 Å². The molecule has 22 heavy (non-hydrogen) atoms. The molecular weight excluding hydrogens is 289 g/mol. The predicted octanol–water partition coefficient (Wildman–Crippen LogP) is 5.42. The van der Waals surface area contributed by atoms with Crippen molar-refractivity contribution in [1.82, 2.24) is 0 Å². The third kappa shape index (κ3) is 3.50. The lowest BCUT2D eigenvalue weighted by molar-refractivity contribution is 0.341. The normalized spacial score (nSPS) is 11.1. The summed E-state index contributed by atoms with van der Waals surface area (Å²) in [6.07, 6.45) is 4.59. The van der Waals surface area contributed by atoms with Crippen LogP contribution in [0.25, 0.3) is 11.1 Å². The molecule has 116 valence electrons. The Bertz CT molecular complexity index is 693. The van der Waals surface area contributed by atoms with Crippen molar-refractivity contribution in [2.75, 3.05) is 6.61 Å². The fraction of sp³-hybridized carbons (Fsp3) is 0.222. The number of aryl methyl sites for hydroxylation is 1. The van der Waals surface area contributed by atoms with Gasteiger partial charge in [-0.25, -0.2) is 13.2 Å². The van der Waals surface area contributed by atoms with Gasteiger partial charge in [0.1, 0.15) is 6.61 Å². The molecule has 2 rings (SSSR count). The summed E-state index contributed by atoms with van der Waals surface area (Å²) in [6, 6.07) is 6.97. The van der Waals surface area contributed by atoms with Crippen LogP contribution < -0.4 is 4.74 Å². The Morgan fingerprint density at radius 2 is 1.77 bits per heavy atom. The summed E-state index contributed by atoms with van der Waals surface area (Å²) in [4.78, 5) is 0. The molecule has 0 unspecified atom stereocenters. The summed E-state index contributed by atoms with van der Waals surface area (Å²) in [5.74, 6) is -2.41. The fourth-order valence-electron chi connectivity index (χ4n) is 2.03. The van der Waals surface area contributed by atoms with Crippen LogP contribution in [0.3, 0.4) is 0 Å².